The molecule has 4 nitrogen and oxygen atoms in total. The van der Waals surface area contributed by atoms with Crippen molar-refractivity contribution in [2.75, 3.05) is 11.5 Å². The van der Waals surface area contributed by atoms with Crippen molar-refractivity contribution < 1.29 is 13.2 Å². The first-order chi connectivity index (χ1) is 7.94. The maximum absolute atomic E-state index is 11.8. The normalized spacial score (nSPS) is 22.8. The summed E-state index contributed by atoms with van der Waals surface area (Å²) in [5.41, 5.74) is 0.804. The van der Waals surface area contributed by atoms with Crippen molar-refractivity contribution in [3.8, 4) is 0 Å². The minimum Gasteiger partial charge on any atom is -0.299 e. The molecule has 1 aromatic rings. The lowest BCUT2D eigenvalue weighted by molar-refractivity contribution is -0.119. The number of thiazole rings is 1. The molecule has 2 rings (SSSR count). The zero-order chi connectivity index (χ0) is 12.5. The first kappa shape index (κ1) is 12.7. The molecule has 94 valence electrons. The van der Waals surface area contributed by atoms with Gasteiger partial charge in [-0.2, -0.15) is 0 Å². The summed E-state index contributed by atoms with van der Waals surface area (Å²) in [5.74, 6) is 0.528. The van der Waals surface area contributed by atoms with Crippen molar-refractivity contribution in [3.63, 3.8) is 0 Å². The maximum atomic E-state index is 11.8. The van der Waals surface area contributed by atoms with E-state index in [-0.39, 0.29) is 23.2 Å². The van der Waals surface area contributed by atoms with E-state index in [4.69, 9.17) is 0 Å². The number of hydrogen-bond acceptors (Lipinski definition) is 5. The minimum atomic E-state index is -2.88. The number of sulfone groups is 1. The number of carbonyl (C=O) groups is 1. The first-order valence-electron chi connectivity index (χ1n) is 5.58. The van der Waals surface area contributed by atoms with Crippen LogP contribution in [0, 0.1) is 12.8 Å². The van der Waals surface area contributed by atoms with Crippen LogP contribution in [0.3, 0.4) is 0 Å². The van der Waals surface area contributed by atoms with Gasteiger partial charge in [0, 0.05) is 18.2 Å². The van der Waals surface area contributed by atoms with Crippen LogP contribution in [-0.2, 0) is 21.1 Å². The van der Waals surface area contributed by atoms with E-state index in [1.54, 1.807) is 0 Å². The van der Waals surface area contributed by atoms with Gasteiger partial charge in [-0.05, 0) is 19.3 Å². The quantitative estimate of drug-likeness (QED) is 0.831. The summed E-state index contributed by atoms with van der Waals surface area (Å²) < 4.78 is 22.5. The summed E-state index contributed by atoms with van der Waals surface area (Å²) in [5, 5.41) is 2.84. The third-order valence-electron chi connectivity index (χ3n) is 2.89. The number of aromatic nitrogens is 1. The molecule has 0 bridgehead atoms. The molecule has 0 radical (unpaired) electrons. The largest absolute Gasteiger partial charge is 0.299 e. The van der Waals surface area contributed by atoms with Crippen LogP contribution in [0.1, 0.15) is 23.5 Å². The number of carbonyl (C=O) groups excluding carboxylic acids is 1. The van der Waals surface area contributed by atoms with E-state index in [1.165, 1.54) is 11.3 Å². The highest BCUT2D eigenvalue weighted by Crippen LogP contribution is 2.22. The van der Waals surface area contributed by atoms with Crippen molar-refractivity contribution in [3.05, 3.63) is 16.1 Å². The van der Waals surface area contributed by atoms with Gasteiger partial charge in [-0.25, -0.2) is 13.4 Å². The second kappa shape index (κ2) is 4.86. The molecule has 1 saturated heterocycles. The molecule has 0 amide bonds. The van der Waals surface area contributed by atoms with Gasteiger partial charge in [-0.1, -0.05) is 0 Å². The van der Waals surface area contributed by atoms with E-state index in [2.05, 4.69) is 4.98 Å². The number of nitrogens with zero attached hydrogens (tertiary/aromatic N) is 1. The maximum Gasteiger partial charge on any atom is 0.150 e. The molecule has 1 aliphatic rings. The van der Waals surface area contributed by atoms with Crippen molar-refractivity contribution in [1.29, 1.82) is 0 Å². The monoisotopic (exact) mass is 273 g/mol. The summed E-state index contributed by atoms with van der Waals surface area (Å²) in [4.78, 5) is 16.0. The molecular formula is C11H15NO3S2. The Balaban J connectivity index is 1.86. The highest BCUT2D eigenvalue weighted by Gasteiger charge is 2.29. The Morgan fingerprint density at radius 1 is 1.59 bits per heavy atom. The third-order valence-corrected chi connectivity index (χ3v) is 5.55. The van der Waals surface area contributed by atoms with Crippen molar-refractivity contribution in [2.24, 2.45) is 5.92 Å². The van der Waals surface area contributed by atoms with Gasteiger partial charge in [0.25, 0.3) is 0 Å². The van der Waals surface area contributed by atoms with E-state index < -0.39 is 9.84 Å². The molecule has 2 heterocycles. The highest BCUT2D eigenvalue weighted by atomic mass is 32.2. The molecule has 0 N–H and O–H groups in total. The Labute approximate surface area is 105 Å². The van der Waals surface area contributed by atoms with Crippen LogP contribution >= 0.6 is 11.3 Å². The van der Waals surface area contributed by atoms with E-state index in [1.807, 2.05) is 12.3 Å². The first-order valence-corrected chi connectivity index (χ1v) is 8.28. The van der Waals surface area contributed by atoms with Gasteiger partial charge in [0.2, 0.25) is 0 Å². The topological polar surface area (TPSA) is 64.1 Å². The van der Waals surface area contributed by atoms with Gasteiger partial charge >= 0.3 is 0 Å². The van der Waals surface area contributed by atoms with E-state index in [0.29, 0.717) is 19.3 Å². The smallest absolute Gasteiger partial charge is 0.150 e. The summed E-state index contributed by atoms with van der Waals surface area (Å²) >= 11 is 1.53. The van der Waals surface area contributed by atoms with Crippen LogP contribution in [0.15, 0.2) is 5.38 Å². The number of ketones is 1. The fraction of sp³-hybridized carbons (Fsp3) is 0.636. The summed E-state index contributed by atoms with van der Waals surface area (Å²) in [7, 11) is -2.88. The molecule has 1 aliphatic heterocycles. The average Bonchev–Trinajstić information content (AvgIpc) is 2.73. The molecule has 1 unspecified atom stereocenters. The predicted molar refractivity (Wildman–Crippen MR) is 66.9 cm³/mol. The zero-order valence-corrected chi connectivity index (χ0v) is 11.3. The van der Waals surface area contributed by atoms with E-state index in [9.17, 15) is 13.2 Å². The van der Waals surface area contributed by atoms with Gasteiger partial charge in [0.15, 0.2) is 9.84 Å². The predicted octanol–water partition coefficient (Wildman–Crippen LogP) is 1.39. The lowest BCUT2D eigenvalue weighted by atomic mass is 10.00. The van der Waals surface area contributed by atoms with Crippen LogP contribution < -0.4 is 0 Å². The lowest BCUT2D eigenvalue weighted by Gasteiger charge is -2.04. The average molecular weight is 273 g/mol. The molecule has 0 saturated carbocycles. The van der Waals surface area contributed by atoms with Crippen LogP contribution in [0.2, 0.25) is 0 Å². The highest BCUT2D eigenvalue weighted by molar-refractivity contribution is 7.91. The van der Waals surface area contributed by atoms with Gasteiger partial charge in [0.1, 0.15) is 5.78 Å². The Morgan fingerprint density at radius 2 is 2.35 bits per heavy atom. The number of rotatable bonds is 4. The van der Waals surface area contributed by atoms with Gasteiger partial charge in [-0.3, -0.25) is 4.79 Å². The Kier molecular flexibility index (Phi) is 3.63. The molecule has 0 spiro atoms. The number of hydrogen-bond donors (Lipinski definition) is 0. The summed E-state index contributed by atoms with van der Waals surface area (Å²) in [6.07, 6.45) is 1.33. The van der Waals surface area contributed by atoms with Gasteiger partial charge < -0.3 is 0 Å². The second-order valence-corrected chi connectivity index (χ2v) is 7.84. The van der Waals surface area contributed by atoms with Crippen LogP contribution in [-0.4, -0.2) is 30.7 Å². The fourth-order valence-corrected chi connectivity index (χ4v) is 4.59. The molecule has 17 heavy (non-hydrogen) atoms. The number of Topliss-reactive ketones (excluding diaryl/α,β-unsaturated/α-hetero) is 1. The number of aryl methyl sites for hydroxylation is 1. The van der Waals surface area contributed by atoms with Crippen molar-refractivity contribution in [1.82, 2.24) is 4.98 Å². The molecule has 0 aromatic carbocycles. The Morgan fingerprint density at radius 3 is 2.88 bits per heavy atom. The molecule has 0 aliphatic carbocycles. The van der Waals surface area contributed by atoms with Crippen molar-refractivity contribution in [2.45, 2.75) is 26.2 Å². The van der Waals surface area contributed by atoms with Crippen LogP contribution in [0.4, 0.5) is 0 Å². The van der Waals surface area contributed by atoms with Crippen LogP contribution in [0.5, 0.6) is 0 Å². The zero-order valence-electron chi connectivity index (χ0n) is 9.68. The third kappa shape index (κ3) is 3.61. The second-order valence-electron chi connectivity index (χ2n) is 4.55. The van der Waals surface area contributed by atoms with Gasteiger partial charge in [-0.15, -0.1) is 11.3 Å². The Hall–Kier alpha value is -0.750. The standard InChI is InChI=1S/C11H15NO3S2/c1-8-12-10(6-16-8)5-11(13)4-9-2-3-17(14,15)7-9/h6,9H,2-5,7H2,1H3. The van der Waals surface area contributed by atoms with Gasteiger partial charge in [0.05, 0.1) is 22.2 Å². The molecule has 1 atom stereocenters. The SMILES string of the molecule is Cc1nc(CC(=O)CC2CCS(=O)(=O)C2)cs1. The van der Waals surface area contributed by atoms with E-state index in [0.717, 1.165) is 10.7 Å². The molecular weight excluding hydrogens is 258 g/mol. The molecule has 1 fully saturated rings. The van der Waals surface area contributed by atoms with E-state index >= 15 is 0 Å². The minimum absolute atomic E-state index is 0.0206. The summed E-state index contributed by atoms with van der Waals surface area (Å²) in [6, 6.07) is 0. The fourth-order valence-electron chi connectivity index (χ4n) is 2.12. The van der Waals surface area contributed by atoms with Crippen LogP contribution in [0.25, 0.3) is 0 Å². The summed E-state index contributed by atoms with van der Waals surface area (Å²) in [6.45, 7) is 1.90. The molecule has 1 aromatic heterocycles. The van der Waals surface area contributed by atoms with Crippen molar-refractivity contribution >= 4 is 27.0 Å². The molecule has 6 heteroatoms. The lowest BCUT2D eigenvalue weighted by Crippen LogP contribution is -2.12. The Bertz CT molecular complexity index is 519.